The molecule has 0 spiro atoms. The lowest BCUT2D eigenvalue weighted by Gasteiger charge is -1.94. The molecule has 0 fully saturated rings. The summed E-state index contributed by atoms with van der Waals surface area (Å²) in [5, 5.41) is 10.4. The normalized spacial score (nSPS) is 9.64. The molecule has 3 nitrogen and oxygen atoms in total. The van der Waals surface area contributed by atoms with Gasteiger partial charge in [0.25, 0.3) is 0 Å². The van der Waals surface area contributed by atoms with E-state index in [1.54, 1.807) is 0 Å². The summed E-state index contributed by atoms with van der Waals surface area (Å²) in [7, 11) is 1.28. The minimum atomic E-state index is -0.472. The van der Waals surface area contributed by atoms with Crippen LogP contribution in [-0.2, 0) is 4.74 Å². The van der Waals surface area contributed by atoms with E-state index in [9.17, 15) is 4.79 Å². The molecule has 0 radical (unpaired) electrons. The summed E-state index contributed by atoms with van der Waals surface area (Å²) in [5.41, 5.74) is 0. The average molecular weight is 190 g/mol. The van der Waals surface area contributed by atoms with Gasteiger partial charge in [0.15, 0.2) is 0 Å². The third kappa shape index (κ3) is 1.49. The summed E-state index contributed by atoms with van der Waals surface area (Å²) in [6, 6.07) is 0. The van der Waals surface area contributed by atoms with Gasteiger partial charge in [0.1, 0.15) is 10.6 Å². The highest BCUT2D eigenvalue weighted by Crippen LogP contribution is 2.31. The molecule has 0 bridgehead atoms. The fraction of sp³-hybridized carbons (Fsp3) is 0.167. The minimum absolute atomic E-state index is 0.0127. The molecule has 1 heterocycles. The van der Waals surface area contributed by atoms with Gasteiger partial charge in [-0.25, -0.2) is 4.79 Å². The molecular formula is C6H6O3S2. The standard InChI is InChI=1S/C6H6O3S2/c1-9-6(8)5-4(10)3(7)2-11-5/h2,7,10H,1H3. The van der Waals surface area contributed by atoms with Gasteiger partial charge in [-0.2, -0.15) is 0 Å². The monoisotopic (exact) mass is 190 g/mol. The van der Waals surface area contributed by atoms with Crippen LogP contribution in [0.25, 0.3) is 0 Å². The predicted octanol–water partition coefficient (Wildman–Crippen LogP) is 1.53. The van der Waals surface area contributed by atoms with E-state index in [1.807, 2.05) is 0 Å². The van der Waals surface area contributed by atoms with Crippen molar-refractivity contribution in [2.24, 2.45) is 0 Å². The number of esters is 1. The van der Waals surface area contributed by atoms with Crippen LogP contribution in [0.1, 0.15) is 9.67 Å². The Morgan fingerprint density at radius 2 is 2.45 bits per heavy atom. The topological polar surface area (TPSA) is 46.5 Å². The van der Waals surface area contributed by atoms with E-state index < -0.39 is 5.97 Å². The first kappa shape index (κ1) is 8.42. The number of aromatic hydroxyl groups is 1. The molecule has 0 unspecified atom stereocenters. The quantitative estimate of drug-likeness (QED) is 0.521. The Balaban J connectivity index is 3.04. The van der Waals surface area contributed by atoms with E-state index in [0.717, 1.165) is 11.3 Å². The van der Waals surface area contributed by atoms with Crippen molar-refractivity contribution in [3.63, 3.8) is 0 Å². The van der Waals surface area contributed by atoms with Crippen LogP contribution in [0.15, 0.2) is 10.3 Å². The number of thiol groups is 1. The van der Waals surface area contributed by atoms with Gasteiger partial charge in [-0.05, 0) is 0 Å². The number of thiophene rings is 1. The largest absolute Gasteiger partial charge is 0.506 e. The predicted molar refractivity (Wildman–Crippen MR) is 44.6 cm³/mol. The van der Waals surface area contributed by atoms with Crippen molar-refractivity contribution in [3.05, 3.63) is 10.3 Å². The summed E-state index contributed by atoms with van der Waals surface area (Å²) < 4.78 is 4.44. The van der Waals surface area contributed by atoms with Gasteiger partial charge in [0, 0.05) is 5.38 Å². The zero-order chi connectivity index (χ0) is 8.43. The molecule has 5 heteroatoms. The van der Waals surface area contributed by atoms with Crippen LogP contribution in [0, 0.1) is 0 Å². The van der Waals surface area contributed by atoms with Gasteiger partial charge in [-0.3, -0.25) is 0 Å². The Hall–Kier alpha value is -0.680. The van der Waals surface area contributed by atoms with Crippen molar-refractivity contribution in [3.8, 4) is 5.75 Å². The molecule has 1 N–H and O–H groups in total. The SMILES string of the molecule is COC(=O)c1scc(O)c1S. The molecule has 0 saturated heterocycles. The molecule has 0 aliphatic rings. The second-order valence-electron chi connectivity index (χ2n) is 1.79. The number of ether oxygens (including phenoxy) is 1. The Morgan fingerprint density at radius 3 is 2.82 bits per heavy atom. The third-order valence-electron chi connectivity index (χ3n) is 1.12. The first-order valence-electron chi connectivity index (χ1n) is 2.74. The molecule has 0 aliphatic heterocycles. The zero-order valence-corrected chi connectivity index (χ0v) is 7.41. The van der Waals surface area contributed by atoms with Crippen LogP contribution in [-0.4, -0.2) is 18.2 Å². The molecule has 60 valence electrons. The van der Waals surface area contributed by atoms with Gasteiger partial charge >= 0.3 is 5.97 Å². The maximum atomic E-state index is 10.9. The second kappa shape index (κ2) is 3.15. The fourth-order valence-corrected chi connectivity index (χ4v) is 1.72. The van der Waals surface area contributed by atoms with Crippen LogP contribution in [0.4, 0.5) is 0 Å². The lowest BCUT2D eigenvalue weighted by atomic mass is 10.4. The van der Waals surface area contributed by atoms with Crippen molar-refractivity contribution >= 4 is 29.9 Å². The Morgan fingerprint density at radius 1 is 1.82 bits per heavy atom. The van der Waals surface area contributed by atoms with Gasteiger partial charge in [-0.15, -0.1) is 24.0 Å². The second-order valence-corrected chi connectivity index (χ2v) is 3.12. The molecule has 0 amide bonds. The summed E-state index contributed by atoms with van der Waals surface area (Å²) in [5.74, 6) is -0.459. The molecule has 0 atom stereocenters. The number of hydrogen-bond donors (Lipinski definition) is 2. The highest BCUT2D eigenvalue weighted by molar-refractivity contribution is 7.80. The lowest BCUT2D eigenvalue weighted by Crippen LogP contribution is -1.98. The molecular weight excluding hydrogens is 184 g/mol. The summed E-state index contributed by atoms with van der Waals surface area (Å²) in [6.45, 7) is 0. The van der Waals surface area contributed by atoms with E-state index in [0.29, 0.717) is 4.88 Å². The van der Waals surface area contributed by atoms with Gasteiger partial charge < -0.3 is 9.84 Å². The maximum absolute atomic E-state index is 10.9. The number of rotatable bonds is 1. The Kier molecular flexibility index (Phi) is 2.41. The number of carbonyl (C=O) groups is 1. The van der Waals surface area contributed by atoms with E-state index in [1.165, 1.54) is 12.5 Å². The molecule has 1 rings (SSSR count). The minimum Gasteiger partial charge on any atom is -0.506 e. The first-order chi connectivity index (χ1) is 5.16. The molecule has 0 aromatic carbocycles. The van der Waals surface area contributed by atoms with Gasteiger partial charge in [0.2, 0.25) is 0 Å². The summed E-state index contributed by atoms with van der Waals surface area (Å²) in [6.07, 6.45) is 0. The highest BCUT2D eigenvalue weighted by Gasteiger charge is 2.14. The summed E-state index contributed by atoms with van der Waals surface area (Å²) >= 11 is 5.02. The van der Waals surface area contributed by atoms with Gasteiger partial charge in [0.05, 0.1) is 12.0 Å². The number of carbonyl (C=O) groups excluding carboxylic acids is 1. The van der Waals surface area contributed by atoms with Crippen LogP contribution in [0.3, 0.4) is 0 Å². The molecule has 0 aliphatic carbocycles. The smallest absolute Gasteiger partial charge is 0.349 e. The summed E-state index contributed by atoms with van der Waals surface area (Å²) in [4.78, 5) is 11.5. The number of methoxy groups -OCH3 is 1. The molecule has 1 aromatic heterocycles. The third-order valence-corrected chi connectivity index (χ3v) is 2.67. The van der Waals surface area contributed by atoms with Crippen molar-refractivity contribution < 1.29 is 14.6 Å². The van der Waals surface area contributed by atoms with E-state index in [4.69, 9.17) is 5.11 Å². The van der Waals surface area contributed by atoms with Crippen LogP contribution < -0.4 is 0 Å². The van der Waals surface area contributed by atoms with Crippen LogP contribution >= 0.6 is 24.0 Å². The molecule has 1 aromatic rings. The molecule has 0 saturated carbocycles. The average Bonchev–Trinajstić information content (AvgIpc) is 2.32. The van der Waals surface area contributed by atoms with Crippen LogP contribution in [0.5, 0.6) is 5.75 Å². The molecule has 11 heavy (non-hydrogen) atoms. The van der Waals surface area contributed by atoms with Crippen LogP contribution in [0.2, 0.25) is 0 Å². The zero-order valence-electron chi connectivity index (χ0n) is 5.70. The van der Waals surface area contributed by atoms with E-state index in [-0.39, 0.29) is 10.6 Å². The maximum Gasteiger partial charge on any atom is 0.349 e. The Labute approximate surface area is 73.0 Å². The van der Waals surface area contributed by atoms with Gasteiger partial charge in [-0.1, -0.05) is 0 Å². The fourth-order valence-electron chi connectivity index (χ4n) is 0.580. The first-order valence-corrected chi connectivity index (χ1v) is 4.07. The van der Waals surface area contributed by atoms with Crippen molar-refractivity contribution in [2.75, 3.05) is 7.11 Å². The van der Waals surface area contributed by atoms with E-state index in [2.05, 4.69) is 17.4 Å². The van der Waals surface area contributed by atoms with Crippen molar-refractivity contribution in [1.82, 2.24) is 0 Å². The Bertz CT molecular complexity index is 279. The lowest BCUT2D eigenvalue weighted by molar-refractivity contribution is 0.0602. The van der Waals surface area contributed by atoms with E-state index >= 15 is 0 Å². The number of hydrogen-bond acceptors (Lipinski definition) is 5. The van der Waals surface area contributed by atoms with Crippen molar-refractivity contribution in [1.29, 1.82) is 0 Å². The van der Waals surface area contributed by atoms with Crippen molar-refractivity contribution in [2.45, 2.75) is 4.90 Å². The highest BCUT2D eigenvalue weighted by atomic mass is 32.1.